The zero-order valence-corrected chi connectivity index (χ0v) is 7.31. The van der Waals surface area contributed by atoms with Crippen LogP contribution in [-0.2, 0) is 4.79 Å². The summed E-state index contributed by atoms with van der Waals surface area (Å²) in [6.07, 6.45) is 0.750. The first-order valence-corrected chi connectivity index (χ1v) is 0.813. The van der Waals surface area contributed by atoms with E-state index in [1.165, 1.54) is 6.92 Å². The van der Waals surface area contributed by atoms with Crippen molar-refractivity contribution in [2.45, 2.75) is 6.92 Å². The Balaban J connectivity index is 0. The number of hydrogen-bond acceptors (Lipinski definition) is 1. The van der Waals surface area contributed by atoms with Gasteiger partial charge in [0.05, 0.1) is 0 Å². The third kappa shape index (κ3) is 11.2. The molecule has 0 saturated carbocycles. The third-order valence-corrected chi connectivity index (χ3v) is 0. The van der Waals surface area contributed by atoms with E-state index in [-0.39, 0.29) is 44.1 Å². The van der Waals surface area contributed by atoms with E-state index >= 15 is 0 Å². The van der Waals surface area contributed by atoms with E-state index < -0.39 is 0 Å². The molecule has 0 N–H and O–H groups in total. The van der Waals surface area contributed by atoms with Crippen LogP contribution in [-0.4, -0.2) is 6.29 Å². The summed E-state index contributed by atoms with van der Waals surface area (Å²) in [7, 11) is 0. The fourth-order valence-electron chi connectivity index (χ4n) is 0. The molecule has 0 aromatic rings. The molecule has 0 aliphatic rings. The minimum atomic E-state index is 0. The van der Waals surface area contributed by atoms with Gasteiger partial charge in [-0.15, -0.1) is 0 Å². The predicted octanol–water partition coefficient (Wildman–Crippen LogP) is 0.205. The first kappa shape index (κ1) is 8.93. The molecule has 0 fully saturated rings. The van der Waals surface area contributed by atoms with Gasteiger partial charge in [0.15, 0.2) is 0 Å². The summed E-state index contributed by atoms with van der Waals surface area (Å²) >= 11 is 0. The fraction of sp³-hybridized carbons (Fsp3) is 0.500. The molecule has 0 rings (SSSR count). The van der Waals surface area contributed by atoms with Gasteiger partial charge in [0.1, 0.15) is 6.29 Å². The van der Waals surface area contributed by atoms with Crippen LogP contribution >= 0.6 is 0 Å². The second kappa shape index (κ2) is 8.93. The summed E-state index contributed by atoms with van der Waals surface area (Å²) in [5.41, 5.74) is 0. The van der Waals surface area contributed by atoms with E-state index in [9.17, 15) is 0 Å². The van der Waals surface area contributed by atoms with Crippen LogP contribution in [0.4, 0.5) is 0 Å². The molecular formula is C2H4AcO. The van der Waals surface area contributed by atoms with Crippen molar-refractivity contribution in [3.63, 3.8) is 0 Å². The van der Waals surface area contributed by atoms with Crippen LogP contribution in [0.25, 0.3) is 0 Å². The predicted molar refractivity (Wildman–Crippen MR) is 11.7 cm³/mol. The molecule has 0 atom stereocenters. The zero-order valence-electron chi connectivity index (χ0n) is 2.56. The fourth-order valence-corrected chi connectivity index (χ4v) is 0. The first-order valence-electron chi connectivity index (χ1n) is 0.813. The Morgan fingerprint density at radius 1 is 1.75 bits per heavy atom. The van der Waals surface area contributed by atoms with E-state index in [1.807, 2.05) is 0 Å². The Morgan fingerprint density at radius 3 is 1.75 bits per heavy atom. The number of carbonyl (C=O) groups is 1. The van der Waals surface area contributed by atoms with Gasteiger partial charge in [0.2, 0.25) is 0 Å². The maximum atomic E-state index is 8.81. The largest absolute Gasteiger partial charge is 0.304 e. The van der Waals surface area contributed by atoms with Crippen molar-refractivity contribution in [2.75, 3.05) is 0 Å². The van der Waals surface area contributed by atoms with Crippen LogP contribution in [0.2, 0.25) is 0 Å². The zero-order chi connectivity index (χ0) is 2.71. The average Bonchev–Trinajstić information content (AvgIpc) is 0.918. The van der Waals surface area contributed by atoms with E-state index in [2.05, 4.69) is 0 Å². The standard InChI is InChI=1S/C2H4O.Ac/c1-2-3;/h2H,1H3;. The molecule has 0 amide bonds. The molecule has 1 radical (unpaired) electrons. The molecule has 2 heteroatoms. The monoisotopic (exact) mass is 271 g/mol. The molecule has 0 aliphatic heterocycles. The van der Waals surface area contributed by atoms with Crippen LogP contribution in [0.1, 0.15) is 6.92 Å². The first-order chi connectivity index (χ1) is 1.41. The maximum Gasteiger partial charge on any atom is 0.116 e. The Bertz CT molecular complexity index is 13.5. The number of hydrogen-bond donors (Lipinski definition) is 0. The van der Waals surface area contributed by atoms with E-state index in [4.69, 9.17) is 4.79 Å². The Hall–Kier alpha value is 1.11. The summed E-state index contributed by atoms with van der Waals surface area (Å²) in [5, 5.41) is 0. The quantitative estimate of drug-likeness (QED) is 0.575. The number of carbonyl (C=O) groups excluding carboxylic acids is 1. The van der Waals surface area contributed by atoms with Crippen LogP contribution in [0.5, 0.6) is 0 Å². The number of rotatable bonds is 0. The molecular weight excluding hydrogens is 267 g/mol. The van der Waals surface area contributed by atoms with Crippen molar-refractivity contribution in [3.8, 4) is 0 Å². The van der Waals surface area contributed by atoms with E-state index in [1.54, 1.807) is 0 Å². The van der Waals surface area contributed by atoms with Crippen molar-refractivity contribution in [3.05, 3.63) is 0 Å². The van der Waals surface area contributed by atoms with Gasteiger partial charge in [0.25, 0.3) is 0 Å². The van der Waals surface area contributed by atoms with Gasteiger partial charge >= 0.3 is 0 Å². The molecule has 0 aromatic carbocycles. The van der Waals surface area contributed by atoms with Crippen molar-refractivity contribution in [2.24, 2.45) is 0 Å². The normalized spacial score (nSPS) is 3.25. The summed E-state index contributed by atoms with van der Waals surface area (Å²) in [6.45, 7) is 1.44. The molecule has 1 nitrogen and oxygen atoms in total. The summed E-state index contributed by atoms with van der Waals surface area (Å²) in [6, 6.07) is 0. The summed E-state index contributed by atoms with van der Waals surface area (Å²) < 4.78 is 0. The molecule has 0 aliphatic carbocycles. The molecule has 0 bridgehead atoms. The van der Waals surface area contributed by atoms with Crippen LogP contribution < -0.4 is 0 Å². The smallest absolute Gasteiger partial charge is 0.116 e. The second-order valence-electron chi connectivity index (χ2n) is 0.236. The molecule has 21 valence electrons. The van der Waals surface area contributed by atoms with Gasteiger partial charge < -0.3 is 4.79 Å². The van der Waals surface area contributed by atoms with Gasteiger partial charge in [-0.3, -0.25) is 0 Å². The molecule has 0 spiro atoms. The Kier molecular flexibility index (Phi) is 19.9. The molecule has 4 heavy (non-hydrogen) atoms. The average molecular weight is 271 g/mol. The summed E-state index contributed by atoms with van der Waals surface area (Å²) in [5.74, 6) is 0. The van der Waals surface area contributed by atoms with E-state index in [0.717, 1.165) is 6.29 Å². The van der Waals surface area contributed by atoms with Gasteiger partial charge in [0, 0.05) is 44.1 Å². The van der Waals surface area contributed by atoms with Crippen LogP contribution in [0, 0.1) is 44.1 Å². The maximum absolute atomic E-state index is 8.81. The Labute approximate surface area is 61.3 Å². The Morgan fingerprint density at radius 2 is 1.75 bits per heavy atom. The minimum Gasteiger partial charge on any atom is -0.304 e. The van der Waals surface area contributed by atoms with Crippen molar-refractivity contribution in [1.29, 1.82) is 0 Å². The van der Waals surface area contributed by atoms with Gasteiger partial charge in [-0.05, 0) is 6.92 Å². The molecule has 0 heterocycles. The SMILES string of the molecule is CC=O.[Ac]. The van der Waals surface area contributed by atoms with Crippen molar-refractivity contribution < 1.29 is 48.9 Å². The van der Waals surface area contributed by atoms with Crippen molar-refractivity contribution >= 4 is 6.29 Å². The second-order valence-corrected chi connectivity index (χ2v) is 0.236. The van der Waals surface area contributed by atoms with Gasteiger partial charge in [-0.2, -0.15) is 0 Å². The summed E-state index contributed by atoms with van der Waals surface area (Å²) in [4.78, 5) is 8.81. The van der Waals surface area contributed by atoms with Crippen LogP contribution in [0.15, 0.2) is 0 Å². The minimum absolute atomic E-state index is 0. The van der Waals surface area contributed by atoms with Gasteiger partial charge in [-0.1, -0.05) is 0 Å². The van der Waals surface area contributed by atoms with Crippen molar-refractivity contribution in [1.82, 2.24) is 0 Å². The molecule has 0 saturated heterocycles. The van der Waals surface area contributed by atoms with E-state index in [0.29, 0.717) is 0 Å². The van der Waals surface area contributed by atoms with Crippen LogP contribution in [0.3, 0.4) is 0 Å². The van der Waals surface area contributed by atoms with Gasteiger partial charge in [-0.25, -0.2) is 0 Å². The molecule has 0 unspecified atom stereocenters. The third-order valence-electron chi connectivity index (χ3n) is 0. The molecule has 0 aromatic heterocycles. The topological polar surface area (TPSA) is 17.1 Å². The number of aldehydes is 1.